The van der Waals surface area contributed by atoms with Crippen molar-refractivity contribution in [3.05, 3.63) is 0 Å². The molecule has 2 rings (SSSR count). The van der Waals surface area contributed by atoms with Crippen LogP contribution < -0.4 is 0 Å². The largest absolute Gasteiger partial charge is 0.396 e. The first-order chi connectivity index (χ1) is 6.30. The van der Waals surface area contributed by atoms with Gasteiger partial charge in [0.05, 0.1) is 17.6 Å². The third-order valence-electron chi connectivity index (χ3n) is 3.39. The first kappa shape index (κ1) is 9.16. The minimum Gasteiger partial charge on any atom is -0.396 e. The fraction of sp³-hybridized carbons (Fsp3) is 0.900. The summed E-state index contributed by atoms with van der Waals surface area (Å²) in [4.78, 5) is 11.1. The van der Waals surface area contributed by atoms with E-state index in [9.17, 15) is 4.79 Å². The van der Waals surface area contributed by atoms with Crippen LogP contribution >= 0.6 is 0 Å². The van der Waals surface area contributed by atoms with E-state index in [-0.39, 0.29) is 18.1 Å². The Labute approximate surface area is 78.1 Å². The van der Waals surface area contributed by atoms with Crippen LogP contribution in [0.5, 0.6) is 0 Å². The SMILES string of the molecule is O=CC1(CCCO)CC2CCC1O2. The zero-order chi connectivity index (χ0) is 9.31. The average molecular weight is 184 g/mol. The molecule has 0 saturated carbocycles. The molecule has 0 aromatic heterocycles. The number of hydrogen-bond donors (Lipinski definition) is 1. The zero-order valence-electron chi connectivity index (χ0n) is 7.74. The number of carbonyl (C=O) groups excluding carboxylic acids is 1. The van der Waals surface area contributed by atoms with E-state index in [4.69, 9.17) is 9.84 Å². The van der Waals surface area contributed by atoms with Crippen molar-refractivity contribution < 1.29 is 14.6 Å². The van der Waals surface area contributed by atoms with Gasteiger partial charge in [0.1, 0.15) is 6.29 Å². The van der Waals surface area contributed by atoms with E-state index in [1.54, 1.807) is 0 Å². The molecule has 0 aromatic rings. The Bertz CT molecular complexity index is 204. The van der Waals surface area contributed by atoms with Gasteiger partial charge in [0.25, 0.3) is 0 Å². The fourth-order valence-electron chi connectivity index (χ4n) is 2.69. The summed E-state index contributed by atoms with van der Waals surface area (Å²) in [5.41, 5.74) is -0.258. The highest BCUT2D eigenvalue weighted by molar-refractivity contribution is 5.61. The van der Waals surface area contributed by atoms with Crippen LogP contribution in [-0.2, 0) is 9.53 Å². The average Bonchev–Trinajstić information content (AvgIpc) is 2.74. The molecule has 13 heavy (non-hydrogen) atoms. The lowest BCUT2D eigenvalue weighted by Crippen LogP contribution is -2.34. The molecule has 3 atom stereocenters. The Morgan fingerprint density at radius 2 is 2.38 bits per heavy atom. The maximum atomic E-state index is 11.1. The summed E-state index contributed by atoms with van der Waals surface area (Å²) < 4.78 is 5.66. The molecule has 0 aromatic carbocycles. The van der Waals surface area contributed by atoms with Crippen molar-refractivity contribution in [3.8, 4) is 0 Å². The maximum Gasteiger partial charge on any atom is 0.128 e. The number of aldehydes is 1. The van der Waals surface area contributed by atoms with Gasteiger partial charge in [-0.1, -0.05) is 0 Å². The number of hydrogen-bond acceptors (Lipinski definition) is 3. The van der Waals surface area contributed by atoms with Crippen LogP contribution in [0.25, 0.3) is 0 Å². The summed E-state index contributed by atoms with van der Waals surface area (Å²) >= 11 is 0. The summed E-state index contributed by atoms with van der Waals surface area (Å²) in [6.45, 7) is 0.174. The van der Waals surface area contributed by atoms with Crippen molar-refractivity contribution in [2.45, 2.75) is 44.3 Å². The van der Waals surface area contributed by atoms with Gasteiger partial charge in [-0.3, -0.25) is 0 Å². The molecule has 3 unspecified atom stereocenters. The summed E-state index contributed by atoms with van der Waals surface area (Å²) in [6.07, 6.45) is 6.02. The predicted molar refractivity (Wildman–Crippen MR) is 47.3 cm³/mol. The normalized spacial score (nSPS) is 42.5. The molecule has 74 valence electrons. The van der Waals surface area contributed by atoms with Crippen LogP contribution in [0.3, 0.4) is 0 Å². The molecule has 0 radical (unpaired) electrons. The summed E-state index contributed by atoms with van der Waals surface area (Å²) in [5.74, 6) is 0. The van der Waals surface area contributed by atoms with Gasteiger partial charge >= 0.3 is 0 Å². The lowest BCUT2D eigenvalue weighted by molar-refractivity contribution is -0.119. The van der Waals surface area contributed by atoms with E-state index in [1.165, 1.54) is 0 Å². The minimum atomic E-state index is -0.258. The number of aliphatic hydroxyl groups is 1. The number of carbonyl (C=O) groups is 1. The van der Waals surface area contributed by atoms with E-state index in [2.05, 4.69) is 0 Å². The van der Waals surface area contributed by atoms with Gasteiger partial charge in [-0.25, -0.2) is 0 Å². The molecule has 3 heteroatoms. The van der Waals surface area contributed by atoms with Gasteiger partial charge in [-0.15, -0.1) is 0 Å². The molecule has 2 bridgehead atoms. The second-order valence-corrected chi connectivity index (χ2v) is 4.21. The molecule has 0 amide bonds. The van der Waals surface area contributed by atoms with Crippen molar-refractivity contribution in [3.63, 3.8) is 0 Å². The lowest BCUT2D eigenvalue weighted by Gasteiger charge is -2.29. The Hall–Kier alpha value is -0.410. The van der Waals surface area contributed by atoms with E-state index in [1.807, 2.05) is 0 Å². The topological polar surface area (TPSA) is 46.5 Å². The molecule has 2 aliphatic rings. The molecule has 0 spiro atoms. The molecule has 2 heterocycles. The van der Waals surface area contributed by atoms with Crippen LogP contribution in [0.15, 0.2) is 0 Å². The quantitative estimate of drug-likeness (QED) is 0.660. The molecule has 3 nitrogen and oxygen atoms in total. The highest BCUT2D eigenvalue weighted by Gasteiger charge is 2.51. The molecule has 2 saturated heterocycles. The second kappa shape index (κ2) is 3.39. The standard InChI is InChI=1S/C10H16O3/c11-5-1-4-10(7-12)6-8-2-3-9(10)13-8/h7-9,11H,1-6H2. The van der Waals surface area contributed by atoms with Gasteiger partial charge in [-0.2, -0.15) is 0 Å². The Morgan fingerprint density at radius 1 is 1.54 bits per heavy atom. The van der Waals surface area contributed by atoms with Gasteiger partial charge in [-0.05, 0) is 32.1 Å². The predicted octanol–water partition coefficient (Wildman–Crippen LogP) is 0.895. The van der Waals surface area contributed by atoms with Crippen LogP contribution in [-0.4, -0.2) is 30.2 Å². The van der Waals surface area contributed by atoms with E-state index in [0.29, 0.717) is 12.5 Å². The van der Waals surface area contributed by atoms with Crippen LogP contribution in [0.4, 0.5) is 0 Å². The maximum absolute atomic E-state index is 11.1. The van der Waals surface area contributed by atoms with Crippen LogP contribution in [0, 0.1) is 5.41 Å². The van der Waals surface area contributed by atoms with Gasteiger partial charge < -0.3 is 14.6 Å². The third-order valence-corrected chi connectivity index (χ3v) is 3.39. The van der Waals surface area contributed by atoms with E-state index in [0.717, 1.165) is 32.0 Å². The van der Waals surface area contributed by atoms with Crippen LogP contribution in [0.2, 0.25) is 0 Å². The van der Waals surface area contributed by atoms with Crippen molar-refractivity contribution >= 4 is 6.29 Å². The van der Waals surface area contributed by atoms with Crippen molar-refractivity contribution in [1.82, 2.24) is 0 Å². The van der Waals surface area contributed by atoms with E-state index < -0.39 is 0 Å². The third kappa shape index (κ3) is 1.40. The van der Waals surface area contributed by atoms with Gasteiger partial charge in [0.15, 0.2) is 0 Å². The van der Waals surface area contributed by atoms with Crippen LogP contribution in [0.1, 0.15) is 32.1 Å². The van der Waals surface area contributed by atoms with Gasteiger partial charge in [0, 0.05) is 6.61 Å². The Kier molecular flexibility index (Phi) is 2.39. The Balaban J connectivity index is 2.03. The first-order valence-electron chi connectivity index (χ1n) is 5.03. The van der Waals surface area contributed by atoms with E-state index >= 15 is 0 Å². The smallest absolute Gasteiger partial charge is 0.128 e. The van der Waals surface area contributed by atoms with Crippen molar-refractivity contribution in [2.24, 2.45) is 5.41 Å². The van der Waals surface area contributed by atoms with Gasteiger partial charge in [0.2, 0.25) is 0 Å². The molecular weight excluding hydrogens is 168 g/mol. The first-order valence-corrected chi connectivity index (χ1v) is 5.03. The molecule has 2 aliphatic heterocycles. The fourth-order valence-corrected chi connectivity index (χ4v) is 2.69. The number of rotatable bonds is 4. The summed E-state index contributed by atoms with van der Waals surface area (Å²) in [5, 5.41) is 8.75. The molecule has 2 fully saturated rings. The molecule has 0 aliphatic carbocycles. The number of ether oxygens (including phenoxy) is 1. The molecular formula is C10H16O3. The number of aliphatic hydroxyl groups excluding tert-OH is 1. The second-order valence-electron chi connectivity index (χ2n) is 4.21. The summed E-state index contributed by atoms with van der Waals surface area (Å²) in [6, 6.07) is 0. The highest BCUT2D eigenvalue weighted by atomic mass is 16.5. The highest BCUT2D eigenvalue weighted by Crippen LogP contribution is 2.48. The van der Waals surface area contributed by atoms with Crippen molar-refractivity contribution in [2.75, 3.05) is 6.61 Å². The zero-order valence-corrected chi connectivity index (χ0v) is 7.74. The monoisotopic (exact) mass is 184 g/mol. The minimum absolute atomic E-state index is 0.140. The molecule has 1 N–H and O–H groups in total. The van der Waals surface area contributed by atoms with Crippen molar-refractivity contribution in [1.29, 1.82) is 0 Å². The Morgan fingerprint density at radius 3 is 2.85 bits per heavy atom. The lowest BCUT2D eigenvalue weighted by atomic mass is 9.72. The summed E-state index contributed by atoms with van der Waals surface area (Å²) in [7, 11) is 0. The number of fused-ring (bicyclic) bond motifs is 2.